The van der Waals surface area contributed by atoms with Gasteiger partial charge in [0, 0.05) is 12.8 Å². The van der Waals surface area contributed by atoms with E-state index in [2.05, 4.69) is 5.32 Å². The number of amides is 1. The maximum atomic E-state index is 11.6. The van der Waals surface area contributed by atoms with E-state index in [0.29, 0.717) is 17.7 Å². The van der Waals surface area contributed by atoms with Crippen molar-refractivity contribution in [1.29, 1.82) is 0 Å². The molecule has 0 aromatic carbocycles. The molecule has 96 valence electrons. The van der Waals surface area contributed by atoms with Crippen LogP contribution in [0.4, 0.5) is 0 Å². The van der Waals surface area contributed by atoms with Crippen LogP contribution < -0.4 is 5.32 Å². The molecule has 1 aromatic heterocycles. The first-order valence-electron chi connectivity index (χ1n) is 5.65. The van der Waals surface area contributed by atoms with Crippen molar-refractivity contribution in [1.82, 2.24) is 5.32 Å². The van der Waals surface area contributed by atoms with Crippen molar-refractivity contribution in [3.05, 3.63) is 22.4 Å². The van der Waals surface area contributed by atoms with E-state index in [0.717, 1.165) is 0 Å². The Morgan fingerprint density at radius 3 is 2.56 bits per heavy atom. The average Bonchev–Trinajstić information content (AvgIpc) is 2.91. The van der Waals surface area contributed by atoms with E-state index in [1.807, 2.05) is 0 Å². The number of ketones is 1. The molecule has 0 unspecified atom stereocenters. The Morgan fingerprint density at radius 1 is 1.33 bits per heavy atom. The van der Waals surface area contributed by atoms with E-state index >= 15 is 0 Å². The van der Waals surface area contributed by atoms with E-state index in [1.165, 1.54) is 11.3 Å². The molecule has 0 spiro atoms. The van der Waals surface area contributed by atoms with Crippen LogP contribution in [0.2, 0.25) is 0 Å². The molecule has 1 heterocycles. The fourth-order valence-electron chi connectivity index (χ4n) is 1.63. The number of carbonyl (C=O) groups excluding carboxylic acids is 2. The third kappa shape index (κ3) is 2.76. The predicted molar refractivity (Wildman–Crippen MR) is 65.6 cm³/mol. The van der Waals surface area contributed by atoms with Gasteiger partial charge in [0.15, 0.2) is 5.78 Å². The van der Waals surface area contributed by atoms with Crippen molar-refractivity contribution in [3.63, 3.8) is 0 Å². The van der Waals surface area contributed by atoms with Gasteiger partial charge in [0.2, 0.25) is 5.91 Å². The number of rotatable bonds is 6. The molecule has 0 atom stereocenters. The smallest absolute Gasteiger partial charge is 0.329 e. The van der Waals surface area contributed by atoms with Gasteiger partial charge in [0.1, 0.15) is 5.54 Å². The minimum atomic E-state index is -1.07. The Hall–Kier alpha value is -1.69. The van der Waals surface area contributed by atoms with Crippen molar-refractivity contribution in [3.8, 4) is 0 Å². The van der Waals surface area contributed by atoms with Crippen molar-refractivity contribution in [2.75, 3.05) is 0 Å². The number of thiophene rings is 1. The molecule has 0 aliphatic heterocycles. The van der Waals surface area contributed by atoms with Gasteiger partial charge in [-0.15, -0.1) is 11.3 Å². The molecule has 1 aliphatic rings. The van der Waals surface area contributed by atoms with Crippen LogP contribution in [-0.4, -0.2) is 28.3 Å². The van der Waals surface area contributed by atoms with E-state index in [1.54, 1.807) is 17.5 Å². The van der Waals surface area contributed by atoms with Crippen molar-refractivity contribution in [2.45, 2.75) is 31.2 Å². The lowest BCUT2D eigenvalue weighted by atomic mass is 10.1. The number of carbonyl (C=O) groups is 3. The Morgan fingerprint density at radius 2 is 2.06 bits per heavy atom. The molecule has 0 radical (unpaired) electrons. The minimum absolute atomic E-state index is 0.0335. The lowest BCUT2D eigenvalue weighted by Crippen LogP contribution is -2.43. The lowest BCUT2D eigenvalue weighted by Gasteiger charge is -2.11. The second kappa shape index (κ2) is 4.89. The first kappa shape index (κ1) is 12.8. The van der Waals surface area contributed by atoms with E-state index in [-0.39, 0.29) is 24.5 Å². The number of carboxylic acids is 1. The Labute approximate surface area is 108 Å². The number of carboxylic acid groups (broad SMARTS) is 1. The summed E-state index contributed by atoms with van der Waals surface area (Å²) in [4.78, 5) is 34.7. The maximum absolute atomic E-state index is 11.6. The fourth-order valence-corrected chi connectivity index (χ4v) is 2.33. The molecule has 1 fully saturated rings. The third-order valence-corrected chi connectivity index (χ3v) is 3.82. The summed E-state index contributed by atoms with van der Waals surface area (Å²) < 4.78 is 0. The number of hydrogen-bond donors (Lipinski definition) is 2. The van der Waals surface area contributed by atoms with E-state index in [9.17, 15) is 14.4 Å². The highest BCUT2D eigenvalue weighted by Gasteiger charge is 2.51. The Balaban J connectivity index is 1.79. The molecule has 2 N–H and O–H groups in total. The highest BCUT2D eigenvalue weighted by Crippen LogP contribution is 2.35. The molecule has 18 heavy (non-hydrogen) atoms. The molecule has 2 rings (SSSR count). The van der Waals surface area contributed by atoms with Gasteiger partial charge in [-0.2, -0.15) is 0 Å². The molecular formula is C12H13NO4S. The number of Topliss-reactive ketones (excluding diaryl/α,β-unsaturated/α-hetero) is 1. The summed E-state index contributed by atoms with van der Waals surface area (Å²) in [6.07, 6.45) is 1.08. The lowest BCUT2D eigenvalue weighted by molar-refractivity contribution is -0.143. The summed E-state index contributed by atoms with van der Waals surface area (Å²) >= 11 is 1.34. The second-order valence-corrected chi connectivity index (χ2v) is 5.28. The summed E-state index contributed by atoms with van der Waals surface area (Å²) in [6, 6.07) is 3.49. The maximum Gasteiger partial charge on any atom is 0.329 e. The van der Waals surface area contributed by atoms with E-state index < -0.39 is 11.5 Å². The quantitative estimate of drug-likeness (QED) is 0.764. The summed E-state index contributed by atoms with van der Waals surface area (Å²) in [5.74, 6) is -1.46. The molecule has 1 aliphatic carbocycles. The SMILES string of the molecule is O=C(CCC(=O)c1cccs1)NC1(C(=O)O)CC1. The van der Waals surface area contributed by atoms with Gasteiger partial charge in [-0.25, -0.2) is 4.79 Å². The van der Waals surface area contributed by atoms with Gasteiger partial charge < -0.3 is 10.4 Å². The predicted octanol–water partition coefficient (Wildman–Crippen LogP) is 1.44. The van der Waals surface area contributed by atoms with Crippen LogP contribution >= 0.6 is 11.3 Å². The van der Waals surface area contributed by atoms with Gasteiger partial charge in [0.25, 0.3) is 0 Å². The highest BCUT2D eigenvalue weighted by atomic mass is 32.1. The van der Waals surface area contributed by atoms with Gasteiger partial charge >= 0.3 is 5.97 Å². The molecule has 1 saturated carbocycles. The Bertz CT molecular complexity index is 476. The molecule has 5 nitrogen and oxygen atoms in total. The first-order valence-corrected chi connectivity index (χ1v) is 6.53. The van der Waals surface area contributed by atoms with Gasteiger partial charge in [0.05, 0.1) is 4.88 Å². The number of nitrogens with one attached hydrogen (secondary N) is 1. The van der Waals surface area contributed by atoms with Crippen LogP contribution in [-0.2, 0) is 9.59 Å². The summed E-state index contributed by atoms with van der Waals surface area (Å²) in [5, 5.41) is 13.2. The van der Waals surface area contributed by atoms with Gasteiger partial charge in [-0.05, 0) is 24.3 Å². The van der Waals surface area contributed by atoms with Gasteiger partial charge in [-0.1, -0.05) is 6.07 Å². The normalized spacial score (nSPS) is 16.0. The largest absolute Gasteiger partial charge is 0.480 e. The zero-order valence-corrected chi connectivity index (χ0v) is 10.5. The molecule has 0 saturated heterocycles. The second-order valence-electron chi connectivity index (χ2n) is 4.34. The van der Waals surface area contributed by atoms with Crippen LogP contribution in [0.15, 0.2) is 17.5 Å². The zero-order chi connectivity index (χ0) is 13.2. The first-order chi connectivity index (χ1) is 8.53. The fraction of sp³-hybridized carbons (Fsp3) is 0.417. The van der Waals surface area contributed by atoms with E-state index in [4.69, 9.17) is 5.11 Å². The van der Waals surface area contributed by atoms with Crippen LogP contribution in [0.1, 0.15) is 35.4 Å². The molecule has 0 bridgehead atoms. The highest BCUT2D eigenvalue weighted by molar-refractivity contribution is 7.12. The average molecular weight is 267 g/mol. The molecule has 1 amide bonds. The summed E-state index contributed by atoms with van der Waals surface area (Å²) in [6.45, 7) is 0. The topological polar surface area (TPSA) is 83.5 Å². The van der Waals surface area contributed by atoms with Crippen molar-refractivity contribution >= 4 is 29.0 Å². The standard InChI is InChI=1S/C12H13NO4S/c14-8(9-2-1-7-18-9)3-4-10(15)13-12(5-6-12)11(16)17/h1-2,7H,3-6H2,(H,13,15)(H,16,17). The minimum Gasteiger partial charge on any atom is -0.480 e. The van der Waals surface area contributed by atoms with Crippen LogP contribution in [0.5, 0.6) is 0 Å². The number of hydrogen-bond acceptors (Lipinski definition) is 4. The van der Waals surface area contributed by atoms with Crippen LogP contribution in [0.25, 0.3) is 0 Å². The molecule has 1 aromatic rings. The number of aliphatic carboxylic acids is 1. The summed E-state index contributed by atoms with van der Waals surface area (Å²) in [7, 11) is 0. The monoisotopic (exact) mass is 267 g/mol. The Kier molecular flexibility index (Phi) is 3.47. The van der Waals surface area contributed by atoms with Gasteiger partial charge in [-0.3, -0.25) is 9.59 Å². The zero-order valence-electron chi connectivity index (χ0n) is 9.64. The van der Waals surface area contributed by atoms with Crippen molar-refractivity contribution in [2.24, 2.45) is 0 Å². The van der Waals surface area contributed by atoms with Crippen LogP contribution in [0.3, 0.4) is 0 Å². The summed E-state index contributed by atoms with van der Waals surface area (Å²) in [5.41, 5.74) is -1.07. The van der Waals surface area contributed by atoms with Crippen molar-refractivity contribution < 1.29 is 19.5 Å². The van der Waals surface area contributed by atoms with Crippen LogP contribution in [0, 0.1) is 0 Å². The third-order valence-electron chi connectivity index (χ3n) is 2.91. The molecule has 6 heteroatoms. The molecular weight excluding hydrogens is 254 g/mol.